The molecule has 5 rings (SSSR count). The van der Waals surface area contributed by atoms with Crippen molar-refractivity contribution in [2.24, 2.45) is 0 Å². The second kappa shape index (κ2) is 7.73. The van der Waals surface area contributed by atoms with E-state index in [0.29, 0.717) is 18.4 Å². The van der Waals surface area contributed by atoms with E-state index in [2.05, 4.69) is 15.5 Å². The monoisotopic (exact) mass is 424 g/mol. The molecule has 2 heterocycles. The lowest BCUT2D eigenvalue weighted by Gasteiger charge is -2.25. The molecule has 0 fully saturated rings. The lowest BCUT2D eigenvalue weighted by atomic mass is 9.93. The minimum atomic E-state index is -0.766. The number of amides is 1. The predicted octanol–water partition coefficient (Wildman–Crippen LogP) is 4.02. The molecule has 1 atom stereocenters. The minimum absolute atomic E-state index is 0.00492. The van der Waals surface area contributed by atoms with Crippen molar-refractivity contribution in [2.45, 2.75) is 25.8 Å². The molecule has 1 aliphatic rings. The SMILES string of the molecule is CCNC1(C)C(=O)N(c2cccc(Cc3n[nH]c(=O)c4ccccc34)c2)c2ccccc21. The van der Waals surface area contributed by atoms with E-state index in [1.165, 1.54) is 0 Å². The zero-order chi connectivity index (χ0) is 22.3. The van der Waals surface area contributed by atoms with Crippen molar-refractivity contribution >= 4 is 28.1 Å². The summed E-state index contributed by atoms with van der Waals surface area (Å²) in [5, 5.41) is 11.7. The number of H-pyrrole nitrogens is 1. The van der Waals surface area contributed by atoms with Crippen LogP contribution in [0.3, 0.4) is 0 Å². The summed E-state index contributed by atoms with van der Waals surface area (Å²) in [5.74, 6) is 0.00492. The van der Waals surface area contributed by atoms with Crippen molar-refractivity contribution < 1.29 is 4.79 Å². The van der Waals surface area contributed by atoms with Crippen LogP contribution in [0.15, 0.2) is 77.6 Å². The molecular formula is C26H24N4O2. The molecule has 1 aromatic heterocycles. The maximum absolute atomic E-state index is 13.6. The van der Waals surface area contributed by atoms with Gasteiger partial charge >= 0.3 is 0 Å². The molecule has 3 aromatic carbocycles. The van der Waals surface area contributed by atoms with E-state index in [9.17, 15) is 9.59 Å². The van der Waals surface area contributed by atoms with Crippen LogP contribution in [0.4, 0.5) is 11.4 Å². The highest BCUT2D eigenvalue weighted by molar-refractivity contribution is 6.12. The topological polar surface area (TPSA) is 78.1 Å². The highest BCUT2D eigenvalue weighted by Gasteiger charge is 2.47. The van der Waals surface area contributed by atoms with Crippen molar-refractivity contribution in [1.29, 1.82) is 0 Å². The van der Waals surface area contributed by atoms with Crippen LogP contribution >= 0.6 is 0 Å². The molecule has 6 heteroatoms. The first-order valence-electron chi connectivity index (χ1n) is 10.8. The summed E-state index contributed by atoms with van der Waals surface area (Å²) < 4.78 is 0. The number of benzene rings is 3. The third kappa shape index (κ3) is 3.11. The van der Waals surface area contributed by atoms with E-state index < -0.39 is 5.54 Å². The number of likely N-dealkylation sites (N-methyl/N-ethyl adjacent to an activating group) is 1. The number of fused-ring (bicyclic) bond motifs is 2. The number of carbonyl (C=O) groups is 1. The van der Waals surface area contributed by atoms with Gasteiger partial charge in [0.1, 0.15) is 5.54 Å². The van der Waals surface area contributed by atoms with Crippen molar-refractivity contribution in [3.8, 4) is 0 Å². The zero-order valence-corrected chi connectivity index (χ0v) is 18.1. The Balaban J connectivity index is 1.55. The van der Waals surface area contributed by atoms with Gasteiger partial charge in [0.05, 0.1) is 16.8 Å². The van der Waals surface area contributed by atoms with E-state index >= 15 is 0 Å². The molecule has 1 aliphatic heterocycles. The van der Waals surface area contributed by atoms with Gasteiger partial charge in [-0.1, -0.05) is 55.5 Å². The van der Waals surface area contributed by atoms with Gasteiger partial charge in [-0.3, -0.25) is 14.5 Å². The van der Waals surface area contributed by atoms with Crippen LogP contribution in [0.2, 0.25) is 0 Å². The number of aromatic amines is 1. The van der Waals surface area contributed by atoms with Gasteiger partial charge in [-0.25, -0.2) is 5.10 Å². The number of nitrogens with one attached hydrogen (secondary N) is 2. The first-order valence-corrected chi connectivity index (χ1v) is 10.8. The molecule has 0 bridgehead atoms. The number of carbonyl (C=O) groups excluding carboxylic acids is 1. The van der Waals surface area contributed by atoms with E-state index in [4.69, 9.17) is 0 Å². The van der Waals surface area contributed by atoms with Gasteiger partial charge in [0.15, 0.2) is 0 Å². The molecule has 160 valence electrons. The minimum Gasteiger partial charge on any atom is -0.300 e. The Hall–Kier alpha value is -3.77. The number of anilines is 2. The molecule has 32 heavy (non-hydrogen) atoms. The summed E-state index contributed by atoms with van der Waals surface area (Å²) in [6.07, 6.45) is 0.541. The third-order valence-corrected chi connectivity index (χ3v) is 6.16. The summed E-state index contributed by atoms with van der Waals surface area (Å²) >= 11 is 0. The lowest BCUT2D eigenvalue weighted by Crippen LogP contribution is -2.47. The number of para-hydroxylation sites is 1. The maximum atomic E-state index is 13.6. The molecule has 0 spiro atoms. The van der Waals surface area contributed by atoms with Crippen LogP contribution in [-0.4, -0.2) is 22.6 Å². The highest BCUT2D eigenvalue weighted by Crippen LogP contribution is 2.44. The molecule has 1 unspecified atom stereocenters. The molecule has 4 aromatic rings. The predicted molar refractivity (Wildman–Crippen MR) is 126 cm³/mol. The number of hydrogen-bond acceptors (Lipinski definition) is 4. The van der Waals surface area contributed by atoms with Crippen LogP contribution in [0.25, 0.3) is 10.8 Å². The largest absolute Gasteiger partial charge is 0.300 e. The summed E-state index contributed by atoms with van der Waals surface area (Å²) in [6.45, 7) is 4.64. The molecule has 0 saturated carbocycles. The van der Waals surface area contributed by atoms with E-state index in [0.717, 1.165) is 33.6 Å². The Morgan fingerprint density at radius 3 is 2.53 bits per heavy atom. The van der Waals surface area contributed by atoms with Crippen LogP contribution in [0.5, 0.6) is 0 Å². The van der Waals surface area contributed by atoms with E-state index in [1.807, 2.05) is 80.6 Å². The zero-order valence-electron chi connectivity index (χ0n) is 18.1. The number of aromatic nitrogens is 2. The smallest absolute Gasteiger partial charge is 0.272 e. The Kier molecular flexibility index (Phi) is 4.87. The van der Waals surface area contributed by atoms with Crippen LogP contribution in [0, 0.1) is 0 Å². The van der Waals surface area contributed by atoms with Gasteiger partial charge in [0.2, 0.25) is 0 Å². The fourth-order valence-electron chi connectivity index (χ4n) is 4.63. The molecule has 6 nitrogen and oxygen atoms in total. The van der Waals surface area contributed by atoms with Gasteiger partial charge in [0.25, 0.3) is 11.5 Å². The van der Waals surface area contributed by atoms with E-state index in [1.54, 1.807) is 11.0 Å². The molecular weight excluding hydrogens is 400 g/mol. The van der Waals surface area contributed by atoms with Crippen molar-refractivity contribution in [3.05, 3.63) is 100.0 Å². The molecule has 1 amide bonds. The molecule has 0 saturated heterocycles. The van der Waals surface area contributed by atoms with E-state index in [-0.39, 0.29) is 11.5 Å². The lowest BCUT2D eigenvalue weighted by molar-refractivity contribution is -0.123. The van der Waals surface area contributed by atoms with Crippen LogP contribution in [-0.2, 0) is 16.8 Å². The first kappa shape index (κ1) is 20.2. The van der Waals surface area contributed by atoms with Gasteiger partial charge in [0, 0.05) is 23.1 Å². The first-order chi connectivity index (χ1) is 15.5. The van der Waals surface area contributed by atoms with Gasteiger partial charge in [-0.2, -0.15) is 5.10 Å². The Morgan fingerprint density at radius 1 is 0.969 bits per heavy atom. The average molecular weight is 425 g/mol. The number of nitrogens with zero attached hydrogens (tertiary/aromatic N) is 2. The molecule has 2 N–H and O–H groups in total. The number of hydrogen-bond donors (Lipinski definition) is 2. The third-order valence-electron chi connectivity index (χ3n) is 6.16. The summed E-state index contributed by atoms with van der Waals surface area (Å²) in [5.41, 5.74) is 3.53. The van der Waals surface area contributed by atoms with Crippen molar-refractivity contribution in [3.63, 3.8) is 0 Å². The maximum Gasteiger partial charge on any atom is 0.272 e. The van der Waals surface area contributed by atoms with Crippen LogP contribution < -0.4 is 15.8 Å². The highest BCUT2D eigenvalue weighted by atomic mass is 16.2. The Bertz CT molecular complexity index is 1390. The van der Waals surface area contributed by atoms with Crippen molar-refractivity contribution in [2.75, 3.05) is 11.4 Å². The Labute approximate surface area is 185 Å². The van der Waals surface area contributed by atoms with Gasteiger partial charge in [-0.05, 0) is 43.3 Å². The Morgan fingerprint density at radius 2 is 1.72 bits per heavy atom. The second-order valence-electron chi connectivity index (χ2n) is 8.20. The summed E-state index contributed by atoms with van der Waals surface area (Å²) in [4.78, 5) is 27.5. The second-order valence-corrected chi connectivity index (χ2v) is 8.20. The summed E-state index contributed by atoms with van der Waals surface area (Å²) in [7, 11) is 0. The standard InChI is InChI=1S/C26H24N4O2/c1-3-27-26(2)21-13-6-7-14-23(21)30(25(26)32)18-10-8-9-17(15-18)16-22-19-11-4-5-12-20(19)24(31)29-28-22/h4-15,27H,3,16H2,1-2H3,(H,29,31). The number of rotatable bonds is 5. The summed E-state index contributed by atoms with van der Waals surface area (Å²) in [6, 6.07) is 23.3. The van der Waals surface area contributed by atoms with Crippen molar-refractivity contribution in [1.82, 2.24) is 15.5 Å². The van der Waals surface area contributed by atoms with Gasteiger partial charge in [-0.15, -0.1) is 0 Å². The quantitative estimate of drug-likeness (QED) is 0.507. The average Bonchev–Trinajstić information content (AvgIpc) is 3.03. The fourth-order valence-corrected chi connectivity index (χ4v) is 4.63. The normalized spacial score (nSPS) is 17.7. The van der Waals surface area contributed by atoms with Gasteiger partial charge < -0.3 is 5.32 Å². The van der Waals surface area contributed by atoms with Crippen LogP contribution in [0.1, 0.15) is 30.7 Å². The molecule has 0 aliphatic carbocycles. The fraction of sp³-hybridized carbons (Fsp3) is 0.192. The molecule has 0 radical (unpaired) electrons.